The first-order chi connectivity index (χ1) is 20.7. The van der Waals surface area contributed by atoms with E-state index < -0.39 is 11.0 Å². The molecule has 1 unspecified atom stereocenters. The minimum Gasteiger partial charge on any atom is -0.456 e. The Morgan fingerprint density at radius 3 is 2.49 bits per heavy atom. The highest BCUT2D eigenvalue weighted by Gasteiger charge is 2.32. The van der Waals surface area contributed by atoms with Crippen LogP contribution in [0.3, 0.4) is 0 Å². The molecule has 3 aromatic carbocycles. The Hall–Kier alpha value is -4.77. The molecule has 0 bridgehead atoms. The van der Waals surface area contributed by atoms with E-state index in [0.29, 0.717) is 42.6 Å². The Bertz CT molecular complexity index is 2120. The van der Waals surface area contributed by atoms with Crippen molar-refractivity contribution in [3.63, 3.8) is 0 Å². The number of benzene rings is 3. The number of nitro groups is 1. The summed E-state index contributed by atoms with van der Waals surface area (Å²) in [6, 6.07) is 22.7. The maximum Gasteiger partial charge on any atom is 0.281 e. The Morgan fingerprint density at radius 2 is 1.77 bits per heavy atom. The molecule has 0 saturated heterocycles. The van der Waals surface area contributed by atoms with Gasteiger partial charge in [-0.05, 0) is 61.0 Å². The molecule has 0 spiro atoms. The molecule has 1 amide bonds. The Labute approximate surface area is 257 Å². The number of nitrogens with one attached hydrogen (secondary N) is 1. The molecule has 0 aliphatic carbocycles. The molecule has 1 N–H and O–H groups in total. The standard InChI is InChI=1S/C31H20Cl2N4O5S/c1-17-27(29(38)35-21-5-3-2-4-6-21)28(18-7-9-19(32)10-8-18)36-30(39)26(43-31(36)34-17)16-22-12-14-25(42-22)23-13-11-20(33)15-24(23)37(40)41/h2-16,28H,1H3,(H,35,38)/b26-16-. The van der Waals surface area contributed by atoms with Gasteiger partial charge in [-0.15, -0.1) is 0 Å². The number of rotatable bonds is 6. The molecule has 9 nitrogen and oxygen atoms in total. The van der Waals surface area contributed by atoms with Crippen LogP contribution in [0.5, 0.6) is 0 Å². The highest BCUT2D eigenvalue weighted by Crippen LogP contribution is 2.34. The number of nitrogens with zero attached hydrogens (tertiary/aromatic N) is 3. The van der Waals surface area contributed by atoms with Gasteiger partial charge in [0.2, 0.25) is 0 Å². The predicted molar refractivity (Wildman–Crippen MR) is 166 cm³/mol. The number of para-hydroxylation sites is 1. The van der Waals surface area contributed by atoms with Crippen molar-refractivity contribution in [2.24, 2.45) is 4.99 Å². The van der Waals surface area contributed by atoms with E-state index in [1.54, 1.807) is 61.5 Å². The van der Waals surface area contributed by atoms with Crippen LogP contribution in [-0.4, -0.2) is 15.4 Å². The smallest absolute Gasteiger partial charge is 0.281 e. The third kappa shape index (κ3) is 5.55. The zero-order valence-electron chi connectivity index (χ0n) is 22.3. The third-order valence-corrected chi connectivity index (χ3v) is 8.28. The fourth-order valence-electron chi connectivity index (χ4n) is 4.86. The minimum atomic E-state index is -0.775. The van der Waals surface area contributed by atoms with Gasteiger partial charge >= 0.3 is 0 Å². The molecule has 5 aromatic rings. The van der Waals surface area contributed by atoms with E-state index in [4.69, 9.17) is 27.6 Å². The molecular weight excluding hydrogens is 611 g/mol. The maximum absolute atomic E-state index is 13.9. The van der Waals surface area contributed by atoms with E-state index in [-0.39, 0.29) is 33.5 Å². The number of halogens is 2. The number of carbonyl (C=O) groups excluding carboxylic acids is 1. The summed E-state index contributed by atoms with van der Waals surface area (Å²) < 4.78 is 7.69. The van der Waals surface area contributed by atoms with E-state index in [9.17, 15) is 19.7 Å². The van der Waals surface area contributed by atoms with Crippen molar-refractivity contribution in [2.45, 2.75) is 13.0 Å². The summed E-state index contributed by atoms with van der Waals surface area (Å²) in [5, 5.41) is 15.2. The molecule has 3 heterocycles. The second-order valence-electron chi connectivity index (χ2n) is 9.57. The van der Waals surface area contributed by atoms with Gasteiger partial charge in [0.1, 0.15) is 11.5 Å². The Kier molecular flexibility index (Phi) is 7.57. The normalized spacial score (nSPS) is 14.8. The summed E-state index contributed by atoms with van der Waals surface area (Å²) in [6.45, 7) is 1.73. The number of carbonyl (C=O) groups is 1. The molecule has 0 saturated carbocycles. The van der Waals surface area contributed by atoms with Gasteiger partial charge in [-0.3, -0.25) is 24.3 Å². The van der Waals surface area contributed by atoms with Crippen LogP contribution in [0.2, 0.25) is 10.0 Å². The molecule has 6 rings (SSSR count). The van der Waals surface area contributed by atoms with Gasteiger partial charge in [0.25, 0.3) is 17.2 Å². The quantitative estimate of drug-likeness (QED) is 0.173. The fourth-order valence-corrected chi connectivity index (χ4v) is 6.18. The fraction of sp³-hybridized carbons (Fsp3) is 0.0645. The van der Waals surface area contributed by atoms with Gasteiger partial charge in [0, 0.05) is 27.9 Å². The van der Waals surface area contributed by atoms with Crippen LogP contribution in [0, 0.1) is 10.1 Å². The van der Waals surface area contributed by atoms with Gasteiger partial charge in [-0.25, -0.2) is 4.99 Å². The van der Waals surface area contributed by atoms with Crippen LogP contribution in [0.25, 0.3) is 17.4 Å². The zero-order valence-corrected chi connectivity index (χ0v) is 24.6. The van der Waals surface area contributed by atoms with E-state index in [1.165, 1.54) is 22.8 Å². The molecule has 214 valence electrons. The van der Waals surface area contributed by atoms with Crippen molar-refractivity contribution in [3.05, 3.63) is 147 Å². The highest BCUT2D eigenvalue weighted by atomic mass is 35.5. The number of fused-ring (bicyclic) bond motifs is 1. The van der Waals surface area contributed by atoms with Crippen molar-refractivity contribution >= 4 is 57.9 Å². The summed E-state index contributed by atoms with van der Waals surface area (Å²) in [6.07, 6.45) is 1.55. The molecule has 2 aromatic heterocycles. The van der Waals surface area contributed by atoms with Gasteiger partial charge in [0.05, 0.1) is 32.3 Å². The topological polar surface area (TPSA) is 120 Å². The average molecular weight is 631 g/mol. The molecule has 1 atom stereocenters. The van der Waals surface area contributed by atoms with E-state index >= 15 is 0 Å². The lowest BCUT2D eigenvalue weighted by Gasteiger charge is -2.25. The van der Waals surface area contributed by atoms with Crippen molar-refractivity contribution < 1.29 is 14.1 Å². The van der Waals surface area contributed by atoms with Crippen LogP contribution in [0.4, 0.5) is 11.4 Å². The first kappa shape index (κ1) is 28.4. The summed E-state index contributed by atoms with van der Waals surface area (Å²) in [4.78, 5) is 43.6. The monoisotopic (exact) mass is 630 g/mol. The van der Waals surface area contributed by atoms with Gasteiger partial charge in [-0.1, -0.05) is 64.9 Å². The van der Waals surface area contributed by atoms with Crippen LogP contribution in [0.15, 0.2) is 110 Å². The highest BCUT2D eigenvalue weighted by molar-refractivity contribution is 7.07. The van der Waals surface area contributed by atoms with Crippen LogP contribution < -0.4 is 20.2 Å². The summed E-state index contributed by atoms with van der Waals surface area (Å²) in [7, 11) is 0. The third-order valence-electron chi connectivity index (χ3n) is 6.81. The van der Waals surface area contributed by atoms with Crippen molar-refractivity contribution in [2.75, 3.05) is 5.32 Å². The lowest BCUT2D eigenvalue weighted by atomic mass is 9.95. The molecule has 1 aliphatic heterocycles. The number of anilines is 1. The van der Waals surface area contributed by atoms with Crippen molar-refractivity contribution in [1.29, 1.82) is 0 Å². The summed E-state index contributed by atoms with van der Waals surface area (Å²) >= 11 is 13.3. The van der Waals surface area contributed by atoms with Crippen LogP contribution in [0.1, 0.15) is 24.3 Å². The van der Waals surface area contributed by atoms with Crippen molar-refractivity contribution in [3.8, 4) is 11.3 Å². The van der Waals surface area contributed by atoms with Gasteiger partial charge < -0.3 is 9.73 Å². The zero-order chi connectivity index (χ0) is 30.2. The lowest BCUT2D eigenvalue weighted by Crippen LogP contribution is -2.40. The summed E-state index contributed by atoms with van der Waals surface area (Å²) in [5.41, 5.74) is 1.75. The number of thiazole rings is 1. The van der Waals surface area contributed by atoms with E-state index in [0.717, 1.165) is 11.3 Å². The summed E-state index contributed by atoms with van der Waals surface area (Å²) in [5.74, 6) is 0.171. The minimum absolute atomic E-state index is 0.201. The molecular formula is C31H20Cl2N4O5S. The van der Waals surface area contributed by atoms with Crippen molar-refractivity contribution in [1.82, 2.24) is 4.57 Å². The molecule has 0 radical (unpaired) electrons. The van der Waals surface area contributed by atoms with E-state index in [1.807, 2.05) is 18.2 Å². The van der Waals surface area contributed by atoms with Gasteiger partial charge in [-0.2, -0.15) is 0 Å². The molecule has 43 heavy (non-hydrogen) atoms. The number of hydrogen-bond donors (Lipinski definition) is 1. The number of furan rings is 1. The SMILES string of the molecule is CC1=C(C(=O)Nc2ccccc2)C(c2ccc(Cl)cc2)n2c(s/c(=C\c3ccc(-c4ccc(Cl)cc4[N+](=O)[O-])o3)c2=O)=N1. The Balaban J connectivity index is 1.45. The number of amides is 1. The predicted octanol–water partition coefficient (Wildman–Crippen LogP) is 6.35. The van der Waals surface area contributed by atoms with Gasteiger partial charge in [0.15, 0.2) is 4.80 Å². The second kappa shape index (κ2) is 11.5. The first-order valence-corrected chi connectivity index (χ1v) is 14.5. The Morgan fingerprint density at radius 1 is 1.05 bits per heavy atom. The molecule has 1 aliphatic rings. The number of hydrogen-bond acceptors (Lipinski definition) is 7. The second-order valence-corrected chi connectivity index (χ2v) is 11.5. The first-order valence-electron chi connectivity index (χ1n) is 12.9. The number of allylic oxidation sites excluding steroid dienone is 1. The number of aromatic nitrogens is 1. The molecule has 12 heteroatoms. The van der Waals surface area contributed by atoms with Crippen LogP contribution in [-0.2, 0) is 4.79 Å². The van der Waals surface area contributed by atoms with E-state index in [2.05, 4.69) is 10.3 Å². The maximum atomic E-state index is 13.9. The molecule has 0 fully saturated rings. The largest absolute Gasteiger partial charge is 0.456 e. The number of nitro benzene ring substituents is 1. The van der Waals surface area contributed by atoms with Crippen LogP contribution >= 0.6 is 34.5 Å². The average Bonchev–Trinajstić information content (AvgIpc) is 3.57. The lowest BCUT2D eigenvalue weighted by molar-refractivity contribution is -0.384.